The Morgan fingerprint density at radius 2 is 1.59 bits per heavy atom. The Bertz CT molecular complexity index is 831. The summed E-state index contributed by atoms with van der Waals surface area (Å²) in [7, 11) is -3.48. The molecule has 146 valence electrons. The van der Waals surface area contributed by atoms with Gasteiger partial charge in [-0.1, -0.05) is 12.1 Å². The number of nitrogens with zero attached hydrogens (tertiary/aromatic N) is 2. The summed E-state index contributed by atoms with van der Waals surface area (Å²) in [4.78, 5) is 2.54. The van der Waals surface area contributed by atoms with Crippen LogP contribution in [0.2, 0.25) is 0 Å². The van der Waals surface area contributed by atoms with Crippen molar-refractivity contribution in [2.75, 3.05) is 39.3 Å². The smallest absolute Gasteiger partial charge is 0.243 e. The van der Waals surface area contributed by atoms with E-state index in [0.717, 1.165) is 18.5 Å². The molecule has 1 aliphatic rings. The van der Waals surface area contributed by atoms with Crippen LogP contribution in [-0.4, -0.2) is 57.0 Å². The molecule has 0 bridgehead atoms. The maximum atomic E-state index is 13.0. The molecule has 3 rings (SSSR count). The number of piperazine rings is 1. The number of halogens is 1. The van der Waals surface area contributed by atoms with Crippen molar-refractivity contribution in [3.05, 3.63) is 59.9 Å². The minimum absolute atomic E-state index is 0.230. The second-order valence-electron chi connectivity index (χ2n) is 6.53. The Kier molecular flexibility index (Phi) is 6.46. The van der Waals surface area contributed by atoms with Gasteiger partial charge in [0.2, 0.25) is 10.0 Å². The minimum atomic E-state index is -3.48. The van der Waals surface area contributed by atoms with Crippen molar-refractivity contribution in [3.8, 4) is 5.75 Å². The van der Waals surface area contributed by atoms with E-state index in [1.165, 1.54) is 16.4 Å². The van der Waals surface area contributed by atoms with Gasteiger partial charge in [-0.05, 0) is 55.3 Å². The van der Waals surface area contributed by atoms with Crippen LogP contribution in [0.4, 0.5) is 4.39 Å². The molecule has 0 amide bonds. The first kappa shape index (κ1) is 19.8. The van der Waals surface area contributed by atoms with Crippen LogP contribution in [0.5, 0.6) is 5.75 Å². The standard InChI is InChI=1S/C20H25FN2O3S/c1-2-26-19-7-9-20(10-8-19)27(24,25)23-15-13-22(14-16-23)12-11-17-3-5-18(21)6-4-17/h3-10H,2,11-16H2,1H3. The molecule has 0 spiro atoms. The van der Waals surface area contributed by atoms with Gasteiger partial charge < -0.3 is 9.64 Å². The largest absolute Gasteiger partial charge is 0.494 e. The summed E-state index contributed by atoms with van der Waals surface area (Å²) in [6.07, 6.45) is 0.825. The third kappa shape index (κ3) is 5.06. The molecule has 2 aromatic rings. The number of hydrogen-bond acceptors (Lipinski definition) is 4. The molecule has 1 heterocycles. The van der Waals surface area contributed by atoms with Crippen molar-refractivity contribution in [2.45, 2.75) is 18.2 Å². The van der Waals surface area contributed by atoms with Crippen LogP contribution in [0, 0.1) is 5.82 Å². The lowest BCUT2D eigenvalue weighted by molar-refractivity contribution is 0.190. The molecule has 0 saturated carbocycles. The molecule has 27 heavy (non-hydrogen) atoms. The highest BCUT2D eigenvalue weighted by Gasteiger charge is 2.28. The number of ether oxygens (including phenoxy) is 1. The summed E-state index contributed by atoms with van der Waals surface area (Å²) in [5, 5.41) is 0. The lowest BCUT2D eigenvalue weighted by atomic mass is 10.1. The third-order valence-corrected chi connectivity index (χ3v) is 6.65. The second kappa shape index (κ2) is 8.82. The zero-order valence-electron chi connectivity index (χ0n) is 15.5. The number of rotatable bonds is 7. The number of hydrogen-bond donors (Lipinski definition) is 0. The first-order valence-corrected chi connectivity index (χ1v) is 10.6. The van der Waals surface area contributed by atoms with Gasteiger partial charge in [0.15, 0.2) is 0 Å². The quantitative estimate of drug-likeness (QED) is 0.727. The maximum absolute atomic E-state index is 13.0. The van der Waals surface area contributed by atoms with Gasteiger partial charge in [0.1, 0.15) is 11.6 Å². The van der Waals surface area contributed by atoms with E-state index in [0.29, 0.717) is 43.4 Å². The van der Waals surface area contributed by atoms with Gasteiger partial charge in [-0.3, -0.25) is 0 Å². The molecule has 1 saturated heterocycles. The molecule has 0 radical (unpaired) electrons. The highest BCUT2D eigenvalue weighted by atomic mass is 32.2. The van der Waals surface area contributed by atoms with E-state index in [-0.39, 0.29) is 5.82 Å². The molecule has 5 nitrogen and oxygen atoms in total. The lowest BCUT2D eigenvalue weighted by Crippen LogP contribution is -2.48. The first-order chi connectivity index (χ1) is 13.0. The molecule has 1 aliphatic heterocycles. The van der Waals surface area contributed by atoms with Crippen LogP contribution < -0.4 is 4.74 Å². The molecule has 0 aromatic heterocycles. The highest BCUT2D eigenvalue weighted by Crippen LogP contribution is 2.21. The van der Waals surface area contributed by atoms with Crippen LogP contribution in [0.25, 0.3) is 0 Å². The molecule has 7 heteroatoms. The van der Waals surface area contributed by atoms with Crippen LogP contribution in [0.1, 0.15) is 12.5 Å². The topological polar surface area (TPSA) is 49.9 Å². The van der Waals surface area contributed by atoms with Crippen molar-refractivity contribution in [2.24, 2.45) is 0 Å². The Labute approximate surface area is 160 Å². The van der Waals surface area contributed by atoms with Crippen molar-refractivity contribution < 1.29 is 17.5 Å². The monoisotopic (exact) mass is 392 g/mol. The summed E-state index contributed by atoms with van der Waals surface area (Å²) < 4.78 is 45.5. The summed E-state index contributed by atoms with van der Waals surface area (Å²) in [5.74, 6) is 0.439. The van der Waals surface area contributed by atoms with E-state index in [4.69, 9.17) is 4.74 Å². The Morgan fingerprint density at radius 3 is 2.19 bits per heavy atom. The summed E-state index contributed by atoms with van der Waals surface area (Å²) in [6, 6.07) is 13.1. The van der Waals surface area contributed by atoms with Crippen molar-refractivity contribution in [1.82, 2.24) is 9.21 Å². The van der Waals surface area contributed by atoms with Crippen molar-refractivity contribution in [3.63, 3.8) is 0 Å². The number of benzene rings is 2. The summed E-state index contributed by atoms with van der Waals surface area (Å²) in [6.45, 7) is 5.60. The third-order valence-electron chi connectivity index (χ3n) is 4.73. The van der Waals surface area contributed by atoms with Gasteiger partial charge in [0.25, 0.3) is 0 Å². The summed E-state index contributed by atoms with van der Waals surface area (Å²) in [5.41, 5.74) is 1.08. The van der Waals surface area contributed by atoms with Gasteiger partial charge in [0, 0.05) is 32.7 Å². The van der Waals surface area contributed by atoms with Crippen molar-refractivity contribution in [1.29, 1.82) is 0 Å². The van der Waals surface area contributed by atoms with E-state index in [9.17, 15) is 12.8 Å². The van der Waals surface area contributed by atoms with Gasteiger partial charge in [0.05, 0.1) is 11.5 Å². The van der Waals surface area contributed by atoms with Crippen LogP contribution >= 0.6 is 0 Å². The highest BCUT2D eigenvalue weighted by molar-refractivity contribution is 7.89. The molecular formula is C20H25FN2O3S. The van der Waals surface area contributed by atoms with E-state index in [2.05, 4.69) is 4.90 Å². The predicted molar refractivity (Wildman–Crippen MR) is 103 cm³/mol. The molecule has 0 N–H and O–H groups in total. The fraction of sp³-hybridized carbons (Fsp3) is 0.400. The molecular weight excluding hydrogens is 367 g/mol. The summed E-state index contributed by atoms with van der Waals surface area (Å²) >= 11 is 0. The molecule has 0 atom stereocenters. The maximum Gasteiger partial charge on any atom is 0.243 e. The number of sulfonamides is 1. The predicted octanol–water partition coefficient (Wildman–Crippen LogP) is 2.77. The van der Waals surface area contributed by atoms with E-state index < -0.39 is 10.0 Å². The lowest BCUT2D eigenvalue weighted by Gasteiger charge is -2.34. The zero-order chi connectivity index (χ0) is 19.3. The van der Waals surface area contributed by atoms with E-state index in [1.807, 2.05) is 6.92 Å². The Morgan fingerprint density at radius 1 is 0.963 bits per heavy atom. The van der Waals surface area contributed by atoms with Crippen LogP contribution in [0.3, 0.4) is 0 Å². The van der Waals surface area contributed by atoms with Crippen LogP contribution in [0.15, 0.2) is 53.4 Å². The second-order valence-corrected chi connectivity index (χ2v) is 8.46. The van der Waals surface area contributed by atoms with Gasteiger partial charge in [-0.2, -0.15) is 4.31 Å². The molecule has 1 fully saturated rings. The van der Waals surface area contributed by atoms with E-state index >= 15 is 0 Å². The van der Waals surface area contributed by atoms with Gasteiger partial charge in [-0.15, -0.1) is 0 Å². The normalized spacial score (nSPS) is 16.4. The average Bonchev–Trinajstić information content (AvgIpc) is 2.69. The zero-order valence-corrected chi connectivity index (χ0v) is 16.3. The van der Waals surface area contributed by atoms with Crippen LogP contribution in [-0.2, 0) is 16.4 Å². The average molecular weight is 392 g/mol. The van der Waals surface area contributed by atoms with E-state index in [1.54, 1.807) is 36.4 Å². The molecule has 0 unspecified atom stereocenters. The SMILES string of the molecule is CCOc1ccc(S(=O)(=O)N2CCN(CCc3ccc(F)cc3)CC2)cc1. The molecule has 0 aliphatic carbocycles. The Hall–Kier alpha value is -1.96. The van der Waals surface area contributed by atoms with Crippen molar-refractivity contribution >= 4 is 10.0 Å². The molecule has 2 aromatic carbocycles. The Balaban J connectivity index is 1.53. The van der Waals surface area contributed by atoms with Gasteiger partial charge >= 0.3 is 0 Å². The minimum Gasteiger partial charge on any atom is -0.494 e. The fourth-order valence-corrected chi connectivity index (χ4v) is 4.58. The first-order valence-electron chi connectivity index (χ1n) is 9.19. The van der Waals surface area contributed by atoms with Gasteiger partial charge in [-0.25, -0.2) is 12.8 Å². The fourth-order valence-electron chi connectivity index (χ4n) is 3.16.